The van der Waals surface area contributed by atoms with Crippen LogP contribution in [-0.4, -0.2) is 44.4 Å². The Kier molecular flexibility index (Phi) is 4.06. The predicted octanol–water partition coefficient (Wildman–Crippen LogP) is 3.03. The second-order valence-electron chi connectivity index (χ2n) is 7.19. The molecule has 2 aromatic rings. The number of anilines is 2. The highest BCUT2D eigenvalue weighted by Gasteiger charge is 2.36. The summed E-state index contributed by atoms with van der Waals surface area (Å²) in [7, 11) is 0. The van der Waals surface area contributed by atoms with Gasteiger partial charge in [-0.1, -0.05) is 0 Å². The van der Waals surface area contributed by atoms with Crippen molar-refractivity contribution in [3.05, 3.63) is 34.6 Å². The van der Waals surface area contributed by atoms with E-state index in [1.165, 1.54) is 24.0 Å². The molecule has 1 N–H and O–H groups in total. The maximum Gasteiger partial charge on any atom is 0.411 e. The third-order valence-electron chi connectivity index (χ3n) is 5.13. The molecule has 1 aromatic carbocycles. The van der Waals surface area contributed by atoms with Crippen LogP contribution < -0.4 is 9.80 Å². The highest BCUT2D eigenvalue weighted by atomic mass is 16.6. The summed E-state index contributed by atoms with van der Waals surface area (Å²) in [6, 6.07) is 2.63. The van der Waals surface area contributed by atoms with Crippen molar-refractivity contribution in [3.8, 4) is 11.1 Å². The zero-order chi connectivity index (χ0) is 20.2. The molecule has 1 unspecified atom stereocenters. The van der Waals surface area contributed by atoms with Gasteiger partial charge in [-0.25, -0.2) is 4.79 Å². The van der Waals surface area contributed by atoms with E-state index in [2.05, 4.69) is 5.10 Å². The van der Waals surface area contributed by atoms with Crippen LogP contribution in [0.1, 0.15) is 32.7 Å². The summed E-state index contributed by atoms with van der Waals surface area (Å²) < 4.78 is 1.78. The number of hydrogen-bond donors (Lipinski definition) is 1. The molecule has 1 atom stereocenters. The van der Waals surface area contributed by atoms with Gasteiger partial charge in [-0.2, -0.15) is 5.10 Å². The summed E-state index contributed by atoms with van der Waals surface area (Å²) in [5.74, 6) is -0.303. The third-order valence-corrected chi connectivity index (χ3v) is 5.13. The van der Waals surface area contributed by atoms with E-state index in [1.807, 2.05) is 0 Å². The number of hydrogen-bond acceptors (Lipinski definition) is 5. The van der Waals surface area contributed by atoms with Gasteiger partial charge >= 0.3 is 6.09 Å². The Morgan fingerprint density at radius 2 is 2.00 bits per heavy atom. The van der Waals surface area contributed by atoms with Crippen molar-refractivity contribution < 1.29 is 19.6 Å². The van der Waals surface area contributed by atoms with Gasteiger partial charge < -0.3 is 10.0 Å². The van der Waals surface area contributed by atoms with Gasteiger partial charge in [0.1, 0.15) is 0 Å². The fraction of sp³-hybridized carbons (Fsp3) is 0.389. The molecule has 1 aliphatic heterocycles. The minimum absolute atomic E-state index is 0.0838. The average molecular weight is 385 g/mol. The van der Waals surface area contributed by atoms with Gasteiger partial charge in [-0.15, -0.1) is 0 Å². The first kappa shape index (κ1) is 18.0. The first-order valence-corrected chi connectivity index (χ1v) is 8.95. The Morgan fingerprint density at radius 1 is 1.29 bits per heavy atom. The van der Waals surface area contributed by atoms with Crippen molar-refractivity contribution in [2.45, 2.75) is 38.8 Å². The lowest BCUT2D eigenvalue weighted by atomic mass is 10.0. The van der Waals surface area contributed by atoms with Crippen molar-refractivity contribution in [2.75, 3.05) is 16.3 Å². The lowest BCUT2D eigenvalue weighted by Gasteiger charge is -2.39. The van der Waals surface area contributed by atoms with Crippen LogP contribution in [0.5, 0.6) is 0 Å². The number of carbonyl (C=O) groups excluding carboxylic acids is 1. The van der Waals surface area contributed by atoms with Crippen LogP contribution in [0.3, 0.4) is 0 Å². The van der Waals surface area contributed by atoms with E-state index in [0.29, 0.717) is 11.6 Å². The second-order valence-corrected chi connectivity index (χ2v) is 7.19. The molecule has 2 amide bonds. The zero-order valence-electron chi connectivity index (χ0n) is 15.4. The molecule has 10 heteroatoms. The highest BCUT2D eigenvalue weighted by Crippen LogP contribution is 2.44. The van der Waals surface area contributed by atoms with Crippen LogP contribution in [0.2, 0.25) is 0 Å². The fourth-order valence-electron chi connectivity index (χ4n) is 3.72. The molecule has 2 heterocycles. The standard InChI is InChI=1S/C18H19N5O5/c1-10-8-20(18(25)26)16-5-14(12-7-19-21(9-12)13-3-4-13)15(23(27)28)6-17(16)22(10)11(2)24/h5-7,9-10,13H,3-4,8H2,1-2H3,(H,25,26). The first-order chi connectivity index (χ1) is 13.3. The number of nitro groups is 1. The zero-order valence-corrected chi connectivity index (χ0v) is 15.4. The van der Waals surface area contributed by atoms with Crippen molar-refractivity contribution in [1.82, 2.24) is 9.78 Å². The molecule has 0 spiro atoms. The van der Waals surface area contributed by atoms with Gasteiger partial charge in [-0.05, 0) is 25.8 Å². The quantitative estimate of drug-likeness (QED) is 0.640. The number of rotatable bonds is 3. The SMILES string of the molecule is CC(=O)N1c2cc([N+](=O)[O-])c(-c3cnn(C4CC4)c3)cc2N(C(=O)O)CC1C. The van der Waals surface area contributed by atoms with Gasteiger partial charge in [0.15, 0.2) is 0 Å². The molecule has 0 bridgehead atoms. The normalized spacial score (nSPS) is 18.7. The number of carbonyl (C=O) groups is 2. The van der Waals surface area contributed by atoms with Crippen LogP contribution in [0.4, 0.5) is 21.9 Å². The molecule has 1 fully saturated rings. The highest BCUT2D eigenvalue weighted by molar-refractivity contribution is 6.04. The Bertz CT molecular complexity index is 996. The summed E-state index contributed by atoms with van der Waals surface area (Å²) in [5, 5.41) is 25.7. The minimum atomic E-state index is -1.18. The van der Waals surface area contributed by atoms with E-state index in [9.17, 15) is 24.8 Å². The number of carboxylic acid groups (broad SMARTS) is 1. The number of nitrogens with zero attached hydrogens (tertiary/aromatic N) is 5. The molecule has 146 valence electrons. The minimum Gasteiger partial charge on any atom is -0.465 e. The van der Waals surface area contributed by atoms with Crippen molar-refractivity contribution in [1.29, 1.82) is 0 Å². The molecule has 2 aliphatic rings. The second kappa shape index (κ2) is 6.32. The van der Waals surface area contributed by atoms with Gasteiger partial charge in [0.25, 0.3) is 5.69 Å². The molecule has 0 saturated heterocycles. The molecular weight excluding hydrogens is 366 g/mol. The van der Waals surface area contributed by atoms with E-state index in [-0.39, 0.29) is 35.1 Å². The fourth-order valence-corrected chi connectivity index (χ4v) is 3.72. The van der Waals surface area contributed by atoms with Gasteiger partial charge in [0.2, 0.25) is 5.91 Å². The van der Waals surface area contributed by atoms with Crippen molar-refractivity contribution in [3.63, 3.8) is 0 Å². The van der Waals surface area contributed by atoms with Crippen molar-refractivity contribution in [2.24, 2.45) is 0 Å². The maximum absolute atomic E-state index is 12.1. The number of amides is 2. The maximum atomic E-state index is 12.1. The molecule has 10 nitrogen and oxygen atoms in total. The van der Waals surface area contributed by atoms with Gasteiger partial charge in [0.05, 0.1) is 40.1 Å². The summed E-state index contributed by atoms with van der Waals surface area (Å²) in [4.78, 5) is 37.7. The van der Waals surface area contributed by atoms with Crippen LogP contribution in [0, 0.1) is 10.1 Å². The van der Waals surface area contributed by atoms with Gasteiger partial charge in [0, 0.05) is 31.3 Å². The number of aromatic nitrogens is 2. The molecule has 4 rings (SSSR count). The molecular formula is C18H19N5O5. The van der Waals surface area contributed by atoms with Crippen LogP contribution in [0.15, 0.2) is 24.5 Å². The van der Waals surface area contributed by atoms with Crippen LogP contribution in [-0.2, 0) is 4.79 Å². The Morgan fingerprint density at radius 3 is 2.57 bits per heavy atom. The van der Waals surface area contributed by atoms with Crippen LogP contribution >= 0.6 is 0 Å². The van der Waals surface area contributed by atoms with Gasteiger partial charge in [-0.3, -0.25) is 24.5 Å². The molecule has 28 heavy (non-hydrogen) atoms. The Labute approximate surface area is 160 Å². The van der Waals surface area contributed by atoms with Crippen molar-refractivity contribution >= 4 is 29.1 Å². The molecule has 1 aromatic heterocycles. The van der Waals surface area contributed by atoms with E-state index < -0.39 is 17.1 Å². The predicted molar refractivity (Wildman–Crippen MR) is 101 cm³/mol. The lowest BCUT2D eigenvalue weighted by Crippen LogP contribution is -2.51. The summed E-state index contributed by atoms with van der Waals surface area (Å²) in [6.07, 6.45) is 4.15. The summed E-state index contributed by atoms with van der Waals surface area (Å²) in [6.45, 7) is 3.15. The molecule has 1 aliphatic carbocycles. The summed E-state index contributed by atoms with van der Waals surface area (Å²) >= 11 is 0. The number of fused-ring (bicyclic) bond motifs is 1. The van der Waals surface area contributed by atoms with E-state index in [1.54, 1.807) is 24.0 Å². The smallest absolute Gasteiger partial charge is 0.411 e. The molecule has 1 saturated carbocycles. The Balaban J connectivity index is 1.92. The third kappa shape index (κ3) is 2.86. The van der Waals surface area contributed by atoms with E-state index >= 15 is 0 Å². The number of benzene rings is 1. The van der Waals surface area contributed by atoms with E-state index in [0.717, 1.165) is 17.7 Å². The Hall–Kier alpha value is -3.43. The monoisotopic (exact) mass is 385 g/mol. The first-order valence-electron chi connectivity index (χ1n) is 8.95. The molecule has 0 radical (unpaired) electrons. The average Bonchev–Trinajstić information content (AvgIpc) is 3.36. The van der Waals surface area contributed by atoms with Crippen LogP contribution in [0.25, 0.3) is 11.1 Å². The lowest BCUT2D eigenvalue weighted by molar-refractivity contribution is -0.384. The topological polar surface area (TPSA) is 122 Å². The largest absolute Gasteiger partial charge is 0.465 e. The summed E-state index contributed by atoms with van der Waals surface area (Å²) in [5.41, 5.74) is 1.10. The number of nitro benzene ring substituents is 1. The van der Waals surface area contributed by atoms with E-state index in [4.69, 9.17) is 0 Å².